The van der Waals surface area contributed by atoms with Crippen molar-refractivity contribution in [2.75, 3.05) is 0 Å². The SMILES string of the molecule is CCc1cccc(OC(C)=O)c1CC#N. The number of carbonyl (C=O) groups excluding carboxylic acids is 1. The number of nitriles is 1. The molecule has 0 radical (unpaired) electrons. The first-order valence-electron chi connectivity index (χ1n) is 4.85. The van der Waals surface area contributed by atoms with Crippen LogP contribution in [0.3, 0.4) is 0 Å². The number of esters is 1. The van der Waals surface area contributed by atoms with E-state index in [2.05, 4.69) is 6.07 Å². The van der Waals surface area contributed by atoms with Gasteiger partial charge in [-0.1, -0.05) is 19.1 Å². The van der Waals surface area contributed by atoms with Crippen LogP contribution in [0, 0.1) is 11.3 Å². The number of ether oxygens (including phenoxy) is 1. The van der Waals surface area contributed by atoms with Gasteiger partial charge in [0, 0.05) is 12.5 Å². The van der Waals surface area contributed by atoms with Gasteiger partial charge in [-0.05, 0) is 18.1 Å². The zero-order chi connectivity index (χ0) is 11.3. The maximum absolute atomic E-state index is 10.9. The largest absolute Gasteiger partial charge is 0.426 e. The smallest absolute Gasteiger partial charge is 0.308 e. The predicted octanol–water partition coefficient (Wildman–Crippen LogP) is 2.24. The molecule has 1 aromatic rings. The van der Waals surface area contributed by atoms with Crippen LogP contribution in [0.25, 0.3) is 0 Å². The third kappa shape index (κ3) is 2.81. The van der Waals surface area contributed by atoms with E-state index in [-0.39, 0.29) is 12.4 Å². The minimum atomic E-state index is -0.359. The molecule has 0 spiro atoms. The van der Waals surface area contributed by atoms with Crippen LogP contribution in [0.5, 0.6) is 5.75 Å². The molecule has 15 heavy (non-hydrogen) atoms. The lowest BCUT2D eigenvalue weighted by atomic mass is 10.0. The van der Waals surface area contributed by atoms with Crippen molar-refractivity contribution in [3.8, 4) is 11.8 Å². The molecule has 0 fully saturated rings. The molecule has 0 N–H and O–H groups in total. The number of hydrogen-bond acceptors (Lipinski definition) is 3. The molecule has 0 atom stereocenters. The third-order valence-electron chi connectivity index (χ3n) is 2.12. The van der Waals surface area contributed by atoms with E-state index in [4.69, 9.17) is 10.00 Å². The summed E-state index contributed by atoms with van der Waals surface area (Å²) in [6, 6.07) is 7.57. The number of hydrogen-bond donors (Lipinski definition) is 0. The van der Waals surface area contributed by atoms with E-state index in [0.29, 0.717) is 5.75 Å². The second-order valence-electron chi connectivity index (χ2n) is 3.18. The molecule has 0 aromatic heterocycles. The summed E-state index contributed by atoms with van der Waals surface area (Å²) >= 11 is 0. The van der Waals surface area contributed by atoms with Gasteiger partial charge in [0.05, 0.1) is 12.5 Å². The van der Waals surface area contributed by atoms with Gasteiger partial charge >= 0.3 is 5.97 Å². The van der Waals surface area contributed by atoms with Gasteiger partial charge in [0.2, 0.25) is 0 Å². The van der Waals surface area contributed by atoms with Gasteiger partial charge in [-0.25, -0.2) is 0 Å². The molecule has 0 amide bonds. The number of aryl methyl sites for hydroxylation is 1. The van der Waals surface area contributed by atoms with E-state index >= 15 is 0 Å². The minimum Gasteiger partial charge on any atom is -0.426 e. The summed E-state index contributed by atoms with van der Waals surface area (Å²) in [5, 5.41) is 8.71. The van der Waals surface area contributed by atoms with Crippen LogP contribution in [-0.2, 0) is 17.6 Å². The highest BCUT2D eigenvalue weighted by molar-refractivity contribution is 5.70. The normalized spacial score (nSPS) is 9.40. The van der Waals surface area contributed by atoms with Crippen molar-refractivity contribution < 1.29 is 9.53 Å². The van der Waals surface area contributed by atoms with E-state index in [1.165, 1.54) is 6.92 Å². The second kappa shape index (κ2) is 5.16. The molecule has 1 rings (SSSR count). The average Bonchev–Trinajstić information content (AvgIpc) is 2.20. The number of carbonyl (C=O) groups is 1. The van der Waals surface area contributed by atoms with Gasteiger partial charge in [-0.15, -0.1) is 0 Å². The zero-order valence-corrected chi connectivity index (χ0v) is 8.91. The van der Waals surface area contributed by atoms with Crippen molar-refractivity contribution in [2.24, 2.45) is 0 Å². The summed E-state index contributed by atoms with van der Waals surface area (Å²) in [5.74, 6) is 0.144. The van der Waals surface area contributed by atoms with Crippen LogP contribution in [0.4, 0.5) is 0 Å². The molecule has 1 aromatic carbocycles. The topological polar surface area (TPSA) is 50.1 Å². The molecule has 3 heteroatoms. The van der Waals surface area contributed by atoms with E-state index in [1.807, 2.05) is 19.1 Å². The highest BCUT2D eigenvalue weighted by Gasteiger charge is 2.09. The highest BCUT2D eigenvalue weighted by atomic mass is 16.5. The van der Waals surface area contributed by atoms with Crippen LogP contribution in [0.15, 0.2) is 18.2 Å². The molecule has 0 aliphatic heterocycles. The highest BCUT2D eigenvalue weighted by Crippen LogP contribution is 2.23. The molecule has 0 saturated carbocycles. The monoisotopic (exact) mass is 203 g/mol. The molecule has 0 unspecified atom stereocenters. The molecule has 0 saturated heterocycles. The average molecular weight is 203 g/mol. The maximum Gasteiger partial charge on any atom is 0.308 e. The van der Waals surface area contributed by atoms with E-state index in [1.54, 1.807) is 6.07 Å². The molecule has 0 aliphatic rings. The lowest BCUT2D eigenvalue weighted by molar-refractivity contribution is -0.131. The van der Waals surface area contributed by atoms with Gasteiger partial charge < -0.3 is 4.74 Å². The van der Waals surface area contributed by atoms with Crippen LogP contribution in [0.1, 0.15) is 25.0 Å². The minimum absolute atomic E-state index is 0.270. The summed E-state index contributed by atoms with van der Waals surface area (Å²) < 4.78 is 5.05. The number of nitrogens with zero attached hydrogens (tertiary/aromatic N) is 1. The lowest BCUT2D eigenvalue weighted by Crippen LogP contribution is -2.05. The Morgan fingerprint density at radius 3 is 2.80 bits per heavy atom. The van der Waals surface area contributed by atoms with Crippen molar-refractivity contribution in [1.82, 2.24) is 0 Å². The first kappa shape index (κ1) is 11.3. The first-order chi connectivity index (χ1) is 7.19. The Morgan fingerprint density at radius 2 is 2.27 bits per heavy atom. The quantitative estimate of drug-likeness (QED) is 0.559. The summed E-state index contributed by atoms with van der Waals surface area (Å²) in [5.41, 5.74) is 1.87. The second-order valence-corrected chi connectivity index (χ2v) is 3.18. The molecule has 3 nitrogen and oxygen atoms in total. The first-order valence-corrected chi connectivity index (χ1v) is 4.85. The van der Waals surface area contributed by atoms with E-state index < -0.39 is 0 Å². The summed E-state index contributed by atoms with van der Waals surface area (Å²) in [7, 11) is 0. The van der Waals surface area contributed by atoms with Crippen LogP contribution in [-0.4, -0.2) is 5.97 Å². The Kier molecular flexibility index (Phi) is 3.87. The van der Waals surface area contributed by atoms with Crippen LogP contribution >= 0.6 is 0 Å². The Balaban J connectivity index is 3.13. The molecular weight excluding hydrogens is 190 g/mol. The van der Waals surface area contributed by atoms with E-state index in [0.717, 1.165) is 17.5 Å². The van der Waals surface area contributed by atoms with Gasteiger partial charge in [0.1, 0.15) is 5.75 Å². The fourth-order valence-electron chi connectivity index (χ4n) is 1.47. The van der Waals surface area contributed by atoms with Crippen molar-refractivity contribution in [2.45, 2.75) is 26.7 Å². The Bertz CT molecular complexity index is 405. The standard InChI is InChI=1S/C12H13NO2/c1-3-10-5-4-6-12(15-9(2)14)11(10)7-8-13/h4-6H,3,7H2,1-2H3. The molecular formula is C12H13NO2. The molecule has 0 heterocycles. The van der Waals surface area contributed by atoms with Crippen molar-refractivity contribution >= 4 is 5.97 Å². The number of rotatable bonds is 3. The van der Waals surface area contributed by atoms with Gasteiger partial charge in [0.15, 0.2) is 0 Å². The fraction of sp³-hybridized carbons (Fsp3) is 0.333. The van der Waals surface area contributed by atoms with Crippen LogP contribution in [0.2, 0.25) is 0 Å². The van der Waals surface area contributed by atoms with Crippen molar-refractivity contribution in [3.05, 3.63) is 29.3 Å². The van der Waals surface area contributed by atoms with Crippen molar-refractivity contribution in [1.29, 1.82) is 5.26 Å². The Morgan fingerprint density at radius 1 is 1.53 bits per heavy atom. The fourth-order valence-corrected chi connectivity index (χ4v) is 1.47. The Hall–Kier alpha value is -1.82. The Labute approximate surface area is 89.3 Å². The summed E-state index contributed by atoms with van der Waals surface area (Å²) in [6.45, 7) is 3.36. The lowest BCUT2D eigenvalue weighted by Gasteiger charge is -2.10. The summed E-state index contributed by atoms with van der Waals surface area (Å²) in [4.78, 5) is 10.9. The van der Waals surface area contributed by atoms with Gasteiger partial charge in [-0.2, -0.15) is 5.26 Å². The molecule has 0 aliphatic carbocycles. The summed E-state index contributed by atoms with van der Waals surface area (Å²) in [6.07, 6.45) is 1.10. The zero-order valence-electron chi connectivity index (χ0n) is 8.91. The van der Waals surface area contributed by atoms with Crippen molar-refractivity contribution in [3.63, 3.8) is 0 Å². The molecule has 0 bridgehead atoms. The number of benzene rings is 1. The third-order valence-corrected chi connectivity index (χ3v) is 2.12. The van der Waals surface area contributed by atoms with E-state index in [9.17, 15) is 4.79 Å². The maximum atomic E-state index is 10.9. The molecule has 78 valence electrons. The van der Waals surface area contributed by atoms with Gasteiger partial charge in [0.25, 0.3) is 0 Å². The predicted molar refractivity (Wildman–Crippen MR) is 56.4 cm³/mol. The van der Waals surface area contributed by atoms with Crippen LogP contribution < -0.4 is 4.74 Å². The van der Waals surface area contributed by atoms with Gasteiger partial charge in [-0.3, -0.25) is 4.79 Å².